The van der Waals surface area contributed by atoms with Crippen molar-refractivity contribution in [2.75, 3.05) is 7.11 Å². The maximum atomic E-state index is 11.9. The first-order valence-electron chi connectivity index (χ1n) is 16.5. The molecule has 0 saturated heterocycles. The highest BCUT2D eigenvalue weighted by Gasteiger charge is 2.62. The van der Waals surface area contributed by atoms with Crippen molar-refractivity contribution in [3.8, 4) is 0 Å². The van der Waals surface area contributed by atoms with E-state index in [2.05, 4.69) is 80.4 Å². The third-order valence-corrected chi connectivity index (χ3v) is 18.0. The molecular formula is C34H62O4Si2. The van der Waals surface area contributed by atoms with Gasteiger partial charge in [-0.05, 0) is 136 Å². The van der Waals surface area contributed by atoms with Crippen molar-refractivity contribution >= 4 is 22.6 Å². The second kappa shape index (κ2) is 11.2. The first-order valence-corrected chi connectivity index (χ1v) is 22.8. The average molecular weight is 591 g/mol. The zero-order valence-corrected chi connectivity index (χ0v) is 30.1. The molecule has 0 aromatic rings. The highest BCUT2D eigenvalue weighted by molar-refractivity contribution is 6.74. The first kappa shape index (κ1) is 32.3. The fourth-order valence-electron chi connectivity index (χ4n) is 9.41. The number of fused-ring (bicyclic) bond motifs is 5. The molecule has 0 radical (unpaired) electrons. The minimum atomic E-state index is -1.80. The predicted octanol–water partition coefficient (Wildman–Crippen LogP) is 9.58. The summed E-state index contributed by atoms with van der Waals surface area (Å²) >= 11 is 0. The molecule has 0 aliphatic heterocycles. The van der Waals surface area contributed by atoms with Gasteiger partial charge in [-0.25, -0.2) is 0 Å². The summed E-state index contributed by atoms with van der Waals surface area (Å²) in [6, 6.07) is 0. The molecule has 0 unspecified atom stereocenters. The molecule has 230 valence electrons. The Labute approximate surface area is 249 Å². The molecule has 4 aliphatic carbocycles. The van der Waals surface area contributed by atoms with E-state index in [4.69, 9.17) is 13.6 Å². The molecule has 4 rings (SSSR count). The van der Waals surface area contributed by atoms with Crippen LogP contribution in [0.1, 0.15) is 99.3 Å². The Morgan fingerprint density at radius 2 is 1.62 bits per heavy atom. The maximum absolute atomic E-state index is 11.9. The van der Waals surface area contributed by atoms with Crippen LogP contribution in [0.25, 0.3) is 0 Å². The average Bonchev–Trinajstić information content (AvgIpc) is 3.18. The molecule has 0 aromatic heterocycles. The molecule has 0 heterocycles. The molecule has 3 fully saturated rings. The lowest BCUT2D eigenvalue weighted by Crippen LogP contribution is -2.55. The zero-order valence-electron chi connectivity index (χ0n) is 28.1. The molecule has 4 aliphatic rings. The van der Waals surface area contributed by atoms with Crippen LogP contribution in [-0.2, 0) is 18.4 Å². The van der Waals surface area contributed by atoms with E-state index in [1.807, 2.05) is 0 Å². The maximum Gasteiger partial charge on any atom is 0.305 e. The van der Waals surface area contributed by atoms with E-state index in [0.717, 1.165) is 12.8 Å². The normalized spacial score (nSPS) is 39.0. The number of hydrogen-bond donors (Lipinski definition) is 0. The van der Waals surface area contributed by atoms with Crippen LogP contribution in [0.4, 0.5) is 0 Å². The van der Waals surface area contributed by atoms with Gasteiger partial charge in [-0.1, -0.05) is 41.5 Å². The Balaban J connectivity index is 1.62. The van der Waals surface area contributed by atoms with Crippen LogP contribution >= 0.6 is 0 Å². The Kier molecular flexibility index (Phi) is 9.01. The van der Waals surface area contributed by atoms with Gasteiger partial charge in [0.05, 0.1) is 12.9 Å². The van der Waals surface area contributed by atoms with E-state index < -0.39 is 16.6 Å². The second-order valence-corrected chi connectivity index (χ2v) is 26.4. The minimum absolute atomic E-state index is 0.0663. The van der Waals surface area contributed by atoms with Gasteiger partial charge in [0, 0.05) is 18.4 Å². The van der Waals surface area contributed by atoms with Crippen LogP contribution in [0.2, 0.25) is 37.8 Å². The third kappa shape index (κ3) is 6.07. The van der Waals surface area contributed by atoms with Crippen molar-refractivity contribution in [2.45, 2.75) is 143 Å². The van der Waals surface area contributed by atoms with Crippen molar-refractivity contribution in [1.29, 1.82) is 0 Å². The zero-order chi connectivity index (χ0) is 29.9. The van der Waals surface area contributed by atoms with Crippen molar-refractivity contribution in [3.05, 3.63) is 11.8 Å². The number of ether oxygens (including phenoxy) is 1. The van der Waals surface area contributed by atoms with E-state index in [9.17, 15) is 4.79 Å². The Morgan fingerprint density at radius 3 is 2.23 bits per heavy atom. The first-order chi connectivity index (χ1) is 18.3. The lowest BCUT2D eigenvalue weighted by atomic mass is 9.46. The minimum Gasteiger partial charge on any atom is -0.547 e. The van der Waals surface area contributed by atoms with Crippen molar-refractivity contribution < 1.29 is 18.4 Å². The van der Waals surface area contributed by atoms with Gasteiger partial charge in [0.25, 0.3) is 0 Å². The third-order valence-electron chi connectivity index (χ3n) is 12.7. The fraction of sp³-hybridized carbons (Fsp3) is 0.912. The molecule has 0 N–H and O–H groups in total. The van der Waals surface area contributed by atoms with Gasteiger partial charge in [0.2, 0.25) is 8.32 Å². The van der Waals surface area contributed by atoms with Gasteiger partial charge in [-0.3, -0.25) is 4.79 Å². The summed E-state index contributed by atoms with van der Waals surface area (Å²) in [6.45, 7) is 26.6. The van der Waals surface area contributed by atoms with E-state index in [1.54, 1.807) is 0 Å². The molecule has 0 aromatic carbocycles. The van der Waals surface area contributed by atoms with Crippen molar-refractivity contribution in [3.63, 3.8) is 0 Å². The number of hydrogen-bond acceptors (Lipinski definition) is 4. The Morgan fingerprint density at radius 1 is 1.00 bits per heavy atom. The smallest absolute Gasteiger partial charge is 0.305 e. The van der Waals surface area contributed by atoms with E-state index in [0.29, 0.717) is 58.9 Å². The van der Waals surface area contributed by atoms with Gasteiger partial charge < -0.3 is 13.6 Å². The fourth-order valence-corrected chi connectivity index (χ4v) is 11.7. The van der Waals surface area contributed by atoms with E-state index in [-0.39, 0.29) is 11.0 Å². The lowest BCUT2D eigenvalue weighted by molar-refractivity contribution is -0.141. The van der Waals surface area contributed by atoms with E-state index >= 15 is 0 Å². The summed E-state index contributed by atoms with van der Waals surface area (Å²) < 4.78 is 19.1. The van der Waals surface area contributed by atoms with Gasteiger partial charge in [-0.2, -0.15) is 0 Å². The highest BCUT2D eigenvalue weighted by atomic mass is 28.4. The van der Waals surface area contributed by atoms with Crippen LogP contribution in [0, 0.1) is 46.3 Å². The molecule has 9 atom stereocenters. The molecule has 6 heteroatoms. The van der Waals surface area contributed by atoms with Gasteiger partial charge in [0.1, 0.15) is 0 Å². The van der Waals surface area contributed by atoms with Crippen LogP contribution in [0.5, 0.6) is 0 Å². The molecule has 0 spiro atoms. The topological polar surface area (TPSA) is 44.8 Å². The Bertz CT molecular complexity index is 962. The number of methoxy groups -OCH3 is 1. The standard InChI is InChI=1S/C34H62O4Si2/c1-23(13-16-30(35)36-7)26-14-15-27-31-28(18-20-34(26,27)6)33(5)19-17-25(37-40(11,12)32(2,3)4)21-24(33)22-29(31)38-39(8,9)10/h22-28,31H,13-21H2,1-12H3/t23-,24-,25+,26+,27-,28-,31-,33-,34+/m0/s1. The number of rotatable bonds is 8. The summed E-state index contributed by atoms with van der Waals surface area (Å²) in [5, 5.41) is 0.244. The van der Waals surface area contributed by atoms with Gasteiger partial charge in [-0.15, -0.1) is 0 Å². The largest absolute Gasteiger partial charge is 0.547 e. The number of carbonyl (C=O) groups excluding carboxylic acids is 1. The monoisotopic (exact) mass is 590 g/mol. The van der Waals surface area contributed by atoms with Gasteiger partial charge >= 0.3 is 5.97 Å². The van der Waals surface area contributed by atoms with Crippen molar-refractivity contribution in [1.82, 2.24) is 0 Å². The van der Waals surface area contributed by atoms with Crippen molar-refractivity contribution in [2.24, 2.45) is 46.3 Å². The molecule has 40 heavy (non-hydrogen) atoms. The summed E-state index contributed by atoms with van der Waals surface area (Å²) in [7, 11) is -2.05. The van der Waals surface area contributed by atoms with Crippen LogP contribution in [-0.4, -0.2) is 35.8 Å². The van der Waals surface area contributed by atoms with Crippen LogP contribution in [0.15, 0.2) is 11.8 Å². The number of carbonyl (C=O) groups is 1. The molecule has 4 nitrogen and oxygen atoms in total. The molecule has 0 bridgehead atoms. The molecular weight excluding hydrogens is 529 g/mol. The summed E-state index contributed by atoms with van der Waals surface area (Å²) in [6.07, 6.45) is 13.3. The summed E-state index contributed by atoms with van der Waals surface area (Å²) in [5.41, 5.74) is 0.657. The number of esters is 1. The second-order valence-electron chi connectivity index (χ2n) is 17.2. The summed E-state index contributed by atoms with van der Waals surface area (Å²) in [4.78, 5) is 11.9. The molecule has 3 saturated carbocycles. The predicted molar refractivity (Wildman–Crippen MR) is 171 cm³/mol. The quantitative estimate of drug-likeness (QED) is 0.209. The number of allylic oxidation sites excluding steroid dienone is 2. The van der Waals surface area contributed by atoms with Crippen LogP contribution < -0.4 is 0 Å². The van der Waals surface area contributed by atoms with Crippen LogP contribution in [0.3, 0.4) is 0 Å². The summed E-state index contributed by atoms with van der Waals surface area (Å²) in [5.74, 6) is 4.98. The van der Waals surface area contributed by atoms with E-state index in [1.165, 1.54) is 51.4 Å². The van der Waals surface area contributed by atoms with Gasteiger partial charge in [0.15, 0.2) is 8.32 Å². The Hall–Kier alpha value is -0.596. The molecule has 0 amide bonds. The highest BCUT2D eigenvalue weighted by Crippen LogP contribution is 2.68. The lowest BCUT2D eigenvalue weighted by Gasteiger charge is -2.61. The SMILES string of the molecule is COC(=O)CC[C@H](C)[C@H]1CC[C@H]2[C@@H]3C(O[Si](C)(C)C)=C[C@@H]4C[C@H](O[Si](C)(C)C(C)(C)C)CC[C@]4(C)[C@H]3CC[C@]12C.